The molecule has 0 saturated carbocycles. The summed E-state index contributed by atoms with van der Waals surface area (Å²) in [6, 6.07) is 0.101. The van der Waals surface area contributed by atoms with Crippen molar-refractivity contribution in [1.82, 2.24) is 4.90 Å². The van der Waals surface area contributed by atoms with E-state index >= 15 is 0 Å². The van der Waals surface area contributed by atoms with Crippen LogP contribution in [0.5, 0.6) is 0 Å². The molecular weight excluding hydrogens is 164 g/mol. The summed E-state index contributed by atoms with van der Waals surface area (Å²) in [5.74, 6) is 0.868. The highest BCUT2D eigenvalue weighted by Crippen LogP contribution is 2.21. The highest BCUT2D eigenvalue weighted by atomic mass is 16.2. The molecule has 3 heteroatoms. The zero-order valence-corrected chi connectivity index (χ0v) is 8.62. The van der Waals surface area contributed by atoms with E-state index in [-0.39, 0.29) is 11.9 Å². The first-order valence-corrected chi connectivity index (χ1v) is 5.16. The molecule has 13 heavy (non-hydrogen) atoms. The van der Waals surface area contributed by atoms with Gasteiger partial charge in [-0.25, -0.2) is 0 Å². The van der Waals surface area contributed by atoms with Gasteiger partial charge in [0.25, 0.3) is 0 Å². The Hall–Kier alpha value is -0.570. The summed E-state index contributed by atoms with van der Waals surface area (Å²) in [6.45, 7) is 5.76. The summed E-state index contributed by atoms with van der Waals surface area (Å²) in [7, 11) is 0. The van der Waals surface area contributed by atoms with Crippen molar-refractivity contribution in [2.45, 2.75) is 39.2 Å². The van der Waals surface area contributed by atoms with Crippen LogP contribution in [0.25, 0.3) is 0 Å². The van der Waals surface area contributed by atoms with Crippen LogP contribution in [0.2, 0.25) is 0 Å². The maximum Gasteiger partial charge on any atom is 0.222 e. The van der Waals surface area contributed by atoms with Gasteiger partial charge in [-0.2, -0.15) is 0 Å². The third kappa shape index (κ3) is 2.99. The van der Waals surface area contributed by atoms with Crippen LogP contribution in [0.3, 0.4) is 0 Å². The van der Waals surface area contributed by atoms with Gasteiger partial charge >= 0.3 is 0 Å². The number of amides is 1. The molecule has 1 heterocycles. The van der Waals surface area contributed by atoms with E-state index in [0.717, 1.165) is 19.5 Å². The van der Waals surface area contributed by atoms with E-state index in [2.05, 4.69) is 6.92 Å². The van der Waals surface area contributed by atoms with Gasteiger partial charge < -0.3 is 10.6 Å². The van der Waals surface area contributed by atoms with Gasteiger partial charge in [-0.05, 0) is 19.3 Å². The Morgan fingerprint density at radius 2 is 2.38 bits per heavy atom. The van der Waals surface area contributed by atoms with Crippen molar-refractivity contribution in [3.63, 3.8) is 0 Å². The molecule has 0 aromatic heterocycles. The van der Waals surface area contributed by atoms with Crippen LogP contribution in [-0.2, 0) is 4.79 Å². The number of nitrogens with zero attached hydrogens (tertiary/aromatic N) is 1. The predicted octanol–water partition coefficient (Wildman–Crippen LogP) is 0.982. The number of hydrogen-bond donors (Lipinski definition) is 1. The number of nitrogens with two attached hydrogens (primary N) is 1. The summed E-state index contributed by atoms with van der Waals surface area (Å²) >= 11 is 0. The first-order chi connectivity index (χ1) is 6.13. The molecule has 0 spiro atoms. The first-order valence-electron chi connectivity index (χ1n) is 5.16. The second kappa shape index (κ2) is 4.61. The SMILES string of the molecule is CCCC1CC(=O)N(C[C@H](C)N)C1. The van der Waals surface area contributed by atoms with Crippen LogP contribution in [0.1, 0.15) is 33.1 Å². The summed E-state index contributed by atoms with van der Waals surface area (Å²) < 4.78 is 0. The van der Waals surface area contributed by atoms with E-state index in [0.29, 0.717) is 5.92 Å². The Bertz CT molecular complexity index is 180. The normalized spacial score (nSPS) is 25.3. The lowest BCUT2D eigenvalue weighted by Gasteiger charge is -2.18. The van der Waals surface area contributed by atoms with Gasteiger partial charge in [0, 0.05) is 25.6 Å². The Morgan fingerprint density at radius 1 is 1.69 bits per heavy atom. The fourth-order valence-corrected chi connectivity index (χ4v) is 1.98. The molecule has 1 saturated heterocycles. The van der Waals surface area contributed by atoms with Crippen LogP contribution in [-0.4, -0.2) is 29.9 Å². The smallest absolute Gasteiger partial charge is 0.222 e. The molecule has 1 amide bonds. The molecule has 1 aliphatic heterocycles. The largest absolute Gasteiger partial charge is 0.341 e. The average Bonchev–Trinajstić information content (AvgIpc) is 2.31. The molecule has 76 valence electrons. The van der Waals surface area contributed by atoms with Crippen molar-refractivity contribution >= 4 is 5.91 Å². The van der Waals surface area contributed by atoms with E-state index in [1.807, 2.05) is 11.8 Å². The van der Waals surface area contributed by atoms with E-state index in [4.69, 9.17) is 5.73 Å². The highest BCUT2D eigenvalue weighted by Gasteiger charge is 2.28. The number of carbonyl (C=O) groups is 1. The van der Waals surface area contributed by atoms with Crippen LogP contribution in [0.4, 0.5) is 0 Å². The van der Waals surface area contributed by atoms with Crippen LogP contribution < -0.4 is 5.73 Å². The topological polar surface area (TPSA) is 46.3 Å². The van der Waals surface area contributed by atoms with Gasteiger partial charge in [0.1, 0.15) is 0 Å². The zero-order chi connectivity index (χ0) is 9.84. The second-order valence-corrected chi connectivity index (χ2v) is 4.13. The van der Waals surface area contributed by atoms with Crippen molar-refractivity contribution < 1.29 is 4.79 Å². The molecule has 1 rings (SSSR count). The van der Waals surface area contributed by atoms with E-state index < -0.39 is 0 Å². The van der Waals surface area contributed by atoms with E-state index in [1.54, 1.807) is 0 Å². The zero-order valence-electron chi connectivity index (χ0n) is 8.62. The fourth-order valence-electron chi connectivity index (χ4n) is 1.98. The number of rotatable bonds is 4. The van der Waals surface area contributed by atoms with Gasteiger partial charge in [0.05, 0.1) is 0 Å². The number of hydrogen-bond acceptors (Lipinski definition) is 2. The molecule has 1 fully saturated rings. The Labute approximate surface area is 80.3 Å². The van der Waals surface area contributed by atoms with Gasteiger partial charge in [-0.1, -0.05) is 13.3 Å². The molecule has 2 N–H and O–H groups in total. The Morgan fingerprint density at radius 3 is 2.92 bits per heavy atom. The lowest BCUT2D eigenvalue weighted by molar-refractivity contribution is -0.127. The molecule has 1 aliphatic rings. The van der Waals surface area contributed by atoms with Crippen molar-refractivity contribution in [3.05, 3.63) is 0 Å². The van der Waals surface area contributed by atoms with Gasteiger partial charge in [0.15, 0.2) is 0 Å². The van der Waals surface area contributed by atoms with Crippen molar-refractivity contribution in [2.24, 2.45) is 11.7 Å². The summed E-state index contributed by atoms with van der Waals surface area (Å²) in [4.78, 5) is 13.4. The summed E-state index contributed by atoms with van der Waals surface area (Å²) in [5.41, 5.74) is 5.66. The Balaban J connectivity index is 2.37. The van der Waals surface area contributed by atoms with E-state index in [9.17, 15) is 4.79 Å². The van der Waals surface area contributed by atoms with Crippen molar-refractivity contribution in [3.8, 4) is 0 Å². The van der Waals surface area contributed by atoms with Crippen LogP contribution in [0.15, 0.2) is 0 Å². The molecule has 0 aromatic carbocycles. The first kappa shape index (κ1) is 10.5. The minimum atomic E-state index is 0.101. The molecule has 2 atom stereocenters. The van der Waals surface area contributed by atoms with Gasteiger partial charge in [-0.3, -0.25) is 4.79 Å². The standard InChI is InChI=1S/C10H20N2O/c1-3-4-9-5-10(13)12(7-9)6-8(2)11/h8-9H,3-7,11H2,1-2H3/t8-,9?/m0/s1. The summed E-state index contributed by atoms with van der Waals surface area (Å²) in [5, 5.41) is 0. The van der Waals surface area contributed by atoms with Crippen LogP contribution >= 0.6 is 0 Å². The minimum Gasteiger partial charge on any atom is -0.341 e. The Kier molecular flexibility index (Phi) is 3.72. The molecule has 0 radical (unpaired) electrons. The summed E-state index contributed by atoms with van der Waals surface area (Å²) in [6.07, 6.45) is 3.08. The molecule has 0 bridgehead atoms. The second-order valence-electron chi connectivity index (χ2n) is 4.13. The monoisotopic (exact) mass is 184 g/mol. The van der Waals surface area contributed by atoms with Crippen LogP contribution in [0, 0.1) is 5.92 Å². The molecule has 0 aliphatic carbocycles. The lowest BCUT2D eigenvalue weighted by Crippen LogP contribution is -2.36. The highest BCUT2D eigenvalue weighted by molar-refractivity contribution is 5.78. The van der Waals surface area contributed by atoms with Gasteiger partial charge in [0.2, 0.25) is 5.91 Å². The third-order valence-electron chi connectivity index (χ3n) is 2.50. The molecule has 1 unspecified atom stereocenters. The third-order valence-corrected chi connectivity index (χ3v) is 2.50. The predicted molar refractivity (Wildman–Crippen MR) is 53.2 cm³/mol. The lowest BCUT2D eigenvalue weighted by atomic mass is 10.0. The molecule has 3 nitrogen and oxygen atoms in total. The van der Waals surface area contributed by atoms with Crippen molar-refractivity contribution in [1.29, 1.82) is 0 Å². The number of likely N-dealkylation sites (tertiary alicyclic amines) is 1. The maximum atomic E-state index is 11.5. The van der Waals surface area contributed by atoms with E-state index in [1.165, 1.54) is 12.8 Å². The fraction of sp³-hybridized carbons (Fsp3) is 0.900. The number of carbonyl (C=O) groups excluding carboxylic acids is 1. The maximum absolute atomic E-state index is 11.5. The molecular formula is C10H20N2O. The minimum absolute atomic E-state index is 0.101. The van der Waals surface area contributed by atoms with Gasteiger partial charge in [-0.15, -0.1) is 0 Å². The molecule has 0 aromatic rings. The van der Waals surface area contributed by atoms with Crippen molar-refractivity contribution in [2.75, 3.05) is 13.1 Å². The average molecular weight is 184 g/mol. The quantitative estimate of drug-likeness (QED) is 0.708.